The number of aromatic nitrogens is 1. The summed E-state index contributed by atoms with van der Waals surface area (Å²) in [6.07, 6.45) is 5.44. The van der Waals surface area contributed by atoms with E-state index in [1.54, 1.807) is 24.4 Å². The summed E-state index contributed by atoms with van der Waals surface area (Å²) in [5.41, 5.74) is 1.66. The number of aromatic hydroxyl groups is 1. The van der Waals surface area contributed by atoms with Gasteiger partial charge in [-0.15, -0.1) is 6.58 Å². The van der Waals surface area contributed by atoms with Crippen molar-refractivity contribution in [3.63, 3.8) is 0 Å². The molecule has 2 bridgehead atoms. The quantitative estimate of drug-likeness (QED) is 0.856. The van der Waals surface area contributed by atoms with Crippen molar-refractivity contribution in [1.29, 1.82) is 0 Å². The van der Waals surface area contributed by atoms with Crippen LogP contribution in [0.3, 0.4) is 0 Å². The number of hydrogen-bond donors (Lipinski definition) is 2. The van der Waals surface area contributed by atoms with E-state index in [2.05, 4.69) is 22.5 Å². The number of hydrogen-bond acceptors (Lipinski definition) is 4. The Bertz CT molecular complexity index is 745. The van der Waals surface area contributed by atoms with Crippen LogP contribution in [0.15, 0.2) is 43.1 Å². The molecule has 3 saturated heterocycles. The predicted molar refractivity (Wildman–Crippen MR) is 90.1 cm³/mol. The molecule has 5 atom stereocenters. The molecule has 0 amide bonds. The van der Waals surface area contributed by atoms with Crippen molar-refractivity contribution in [3.05, 3.63) is 48.7 Å². The highest BCUT2D eigenvalue weighted by Gasteiger charge is 2.42. The normalized spacial score (nSPS) is 31.2. The first-order valence-corrected chi connectivity index (χ1v) is 8.29. The number of aliphatic hydroxyl groups is 1. The maximum absolute atomic E-state index is 11.0. The van der Waals surface area contributed by atoms with Gasteiger partial charge >= 0.3 is 0 Å². The molecule has 120 valence electrons. The number of rotatable bonds is 3. The minimum atomic E-state index is -0.559. The van der Waals surface area contributed by atoms with Crippen LogP contribution in [0.4, 0.5) is 0 Å². The van der Waals surface area contributed by atoms with Crippen LogP contribution in [0.5, 0.6) is 5.75 Å². The summed E-state index contributed by atoms with van der Waals surface area (Å²) < 4.78 is 0. The Labute approximate surface area is 136 Å². The van der Waals surface area contributed by atoms with Crippen LogP contribution >= 0.6 is 0 Å². The standard InChI is InChI=1S/C19H22N2O2/c1-2-12-11-21-8-6-13(12)9-18(21)19(23)15-5-7-20-17-4-3-14(22)10-16(15)17/h2-5,7,10,12-13,18-19,22-23H,1,6,8-9,11H2/t12-,13+,18+,19+/m0/s1. The zero-order chi connectivity index (χ0) is 16.0. The molecule has 3 aliphatic rings. The molecule has 3 aliphatic heterocycles. The molecule has 0 radical (unpaired) electrons. The second kappa shape index (κ2) is 5.62. The summed E-state index contributed by atoms with van der Waals surface area (Å²) in [7, 11) is 0. The number of phenols is 1. The molecule has 1 unspecified atom stereocenters. The Morgan fingerprint density at radius 2 is 2.22 bits per heavy atom. The van der Waals surface area contributed by atoms with E-state index in [0.717, 1.165) is 36.0 Å². The Balaban J connectivity index is 1.69. The Kier molecular flexibility index (Phi) is 3.58. The molecule has 2 aromatic rings. The molecular weight excluding hydrogens is 288 g/mol. The molecule has 0 spiro atoms. The fourth-order valence-corrected chi connectivity index (χ4v) is 4.33. The number of benzene rings is 1. The Morgan fingerprint density at radius 1 is 1.35 bits per heavy atom. The highest BCUT2D eigenvalue weighted by molar-refractivity contribution is 5.83. The molecule has 4 heteroatoms. The Morgan fingerprint density at radius 3 is 2.96 bits per heavy atom. The van der Waals surface area contributed by atoms with E-state index in [4.69, 9.17) is 0 Å². The predicted octanol–water partition coefficient (Wildman–Crippen LogP) is 2.87. The van der Waals surface area contributed by atoms with Gasteiger partial charge in [0.15, 0.2) is 0 Å². The largest absolute Gasteiger partial charge is 0.508 e. The van der Waals surface area contributed by atoms with Crippen LogP contribution < -0.4 is 0 Å². The number of piperidine rings is 3. The minimum Gasteiger partial charge on any atom is -0.508 e. The van der Waals surface area contributed by atoms with Crippen LogP contribution in [0.1, 0.15) is 24.5 Å². The molecule has 4 nitrogen and oxygen atoms in total. The van der Waals surface area contributed by atoms with Crippen LogP contribution in [0, 0.1) is 11.8 Å². The summed E-state index contributed by atoms with van der Waals surface area (Å²) in [5.74, 6) is 1.38. The van der Waals surface area contributed by atoms with Crippen LogP contribution in [-0.2, 0) is 0 Å². The summed E-state index contributed by atoms with van der Waals surface area (Å²) in [5, 5.41) is 21.7. The monoisotopic (exact) mass is 310 g/mol. The van der Waals surface area contributed by atoms with E-state index in [0.29, 0.717) is 11.8 Å². The van der Waals surface area contributed by atoms with Crippen molar-refractivity contribution in [2.75, 3.05) is 13.1 Å². The summed E-state index contributed by atoms with van der Waals surface area (Å²) >= 11 is 0. The molecule has 2 N–H and O–H groups in total. The van der Waals surface area contributed by atoms with Crippen molar-refractivity contribution >= 4 is 10.9 Å². The highest BCUT2D eigenvalue weighted by atomic mass is 16.3. The van der Waals surface area contributed by atoms with E-state index in [1.165, 1.54) is 6.42 Å². The fraction of sp³-hybridized carbons (Fsp3) is 0.421. The topological polar surface area (TPSA) is 56.6 Å². The van der Waals surface area contributed by atoms with Crippen molar-refractivity contribution in [2.24, 2.45) is 11.8 Å². The van der Waals surface area contributed by atoms with Gasteiger partial charge in [-0.2, -0.15) is 0 Å². The smallest absolute Gasteiger partial charge is 0.116 e. The molecule has 4 heterocycles. The zero-order valence-corrected chi connectivity index (χ0v) is 13.1. The first kappa shape index (κ1) is 14.7. The molecule has 23 heavy (non-hydrogen) atoms. The van der Waals surface area contributed by atoms with Gasteiger partial charge in [-0.25, -0.2) is 0 Å². The van der Waals surface area contributed by atoms with E-state index in [-0.39, 0.29) is 11.8 Å². The van der Waals surface area contributed by atoms with Gasteiger partial charge in [-0.1, -0.05) is 6.08 Å². The molecular formula is C19H22N2O2. The lowest BCUT2D eigenvalue weighted by Gasteiger charge is -2.50. The summed E-state index contributed by atoms with van der Waals surface area (Å²) in [4.78, 5) is 6.73. The molecule has 1 aromatic carbocycles. The van der Waals surface area contributed by atoms with Gasteiger partial charge < -0.3 is 10.2 Å². The zero-order valence-electron chi connectivity index (χ0n) is 13.1. The molecule has 0 saturated carbocycles. The van der Waals surface area contributed by atoms with Gasteiger partial charge in [-0.3, -0.25) is 9.88 Å². The molecule has 5 rings (SSSR count). The lowest BCUT2D eigenvalue weighted by molar-refractivity contribution is -0.0444. The molecule has 0 aliphatic carbocycles. The van der Waals surface area contributed by atoms with Gasteiger partial charge in [0.05, 0.1) is 11.6 Å². The van der Waals surface area contributed by atoms with Crippen molar-refractivity contribution in [2.45, 2.75) is 25.0 Å². The van der Waals surface area contributed by atoms with Crippen LogP contribution in [0.25, 0.3) is 10.9 Å². The maximum atomic E-state index is 11.0. The first-order valence-electron chi connectivity index (χ1n) is 8.29. The molecule has 3 fully saturated rings. The fourth-order valence-electron chi connectivity index (χ4n) is 4.33. The Hall–Kier alpha value is -1.91. The third-order valence-corrected chi connectivity index (χ3v) is 5.60. The lowest BCUT2D eigenvalue weighted by Crippen LogP contribution is -2.54. The second-order valence-electron chi connectivity index (χ2n) is 6.79. The number of fused-ring (bicyclic) bond motifs is 4. The second-order valence-corrected chi connectivity index (χ2v) is 6.79. The highest BCUT2D eigenvalue weighted by Crippen LogP contribution is 2.42. The number of nitrogens with zero attached hydrogens (tertiary/aromatic N) is 2. The van der Waals surface area contributed by atoms with Crippen LogP contribution in [0.2, 0.25) is 0 Å². The van der Waals surface area contributed by atoms with E-state index >= 15 is 0 Å². The third-order valence-electron chi connectivity index (χ3n) is 5.60. The van der Waals surface area contributed by atoms with Gasteiger partial charge in [-0.05, 0) is 61.1 Å². The number of aliphatic hydroxyl groups excluding tert-OH is 1. The summed E-state index contributed by atoms with van der Waals surface area (Å²) in [6, 6.07) is 7.14. The third kappa shape index (κ3) is 2.42. The van der Waals surface area contributed by atoms with E-state index < -0.39 is 6.10 Å². The lowest BCUT2D eigenvalue weighted by atomic mass is 9.73. The van der Waals surface area contributed by atoms with Gasteiger partial charge in [0.2, 0.25) is 0 Å². The van der Waals surface area contributed by atoms with Crippen molar-refractivity contribution in [1.82, 2.24) is 9.88 Å². The maximum Gasteiger partial charge on any atom is 0.116 e. The van der Waals surface area contributed by atoms with Gasteiger partial charge in [0.25, 0.3) is 0 Å². The number of pyridine rings is 1. The van der Waals surface area contributed by atoms with Gasteiger partial charge in [0, 0.05) is 24.2 Å². The van der Waals surface area contributed by atoms with Crippen LogP contribution in [-0.4, -0.2) is 39.2 Å². The van der Waals surface area contributed by atoms with Gasteiger partial charge in [0.1, 0.15) is 5.75 Å². The van der Waals surface area contributed by atoms with E-state index in [1.807, 2.05) is 6.07 Å². The van der Waals surface area contributed by atoms with E-state index in [9.17, 15) is 10.2 Å². The minimum absolute atomic E-state index is 0.137. The average Bonchev–Trinajstić information content (AvgIpc) is 2.60. The van der Waals surface area contributed by atoms with Crippen molar-refractivity contribution in [3.8, 4) is 5.75 Å². The molecule has 1 aromatic heterocycles. The number of phenolic OH excluding ortho intramolecular Hbond substituents is 1. The average molecular weight is 310 g/mol. The summed E-state index contributed by atoms with van der Waals surface area (Å²) in [6.45, 7) is 5.99. The first-order chi connectivity index (χ1) is 11.2. The SMILES string of the molecule is C=C[C@H]1CN2CC[C@@H]1C[C@@H]2[C@H](O)c1ccnc2ccc(O)cc12. The van der Waals surface area contributed by atoms with Crippen molar-refractivity contribution < 1.29 is 10.2 Å².